The number of nitrogens with zero attached hydrogens (tertiary/aromatic N) is 1. The van der Waals surface area contributed by atoms with Crippen molar-refractivity contribution in [2.24, 2.45) is 0 Å². The van der Waals surface area contributed by atoms with Crippen LogP contribution < -0.4 is 15.1 Å². The van der Waals surface area contributed by atoms with Crippen LogP contribution in [-0.4, -0.2) is 19.4 Å². The van der Waals surface area contributed by atoms with Gasteiger partial charge in [0.15, 0.2) is 5.72 Å². The van der Waals surface area contributed by atoms with Crippen LogP contribution >= 0.6 is 0 Å². The highest BCUT2D eigenvalue weighted by atomic mass is 19.3. The maximum atomic E-state index is 12.5. The van der Waals surface area contributed by atoms with E-state index in [4.69, 9.17) is 4.84 Å². The number of fused-ring (bicyclic) bond motifs is 1. The first-order chi connectivity index (χ1) is 12.3. The molecule has 2 aliphatic rings. The lowest BCUT2D eigenvalue weighted by Gasteiger charge is -2.39. The molecule has 2 aromatic rings. The van der Waals surface area contributed by atoms with Crippen LogP contribution in [0.4, 0.5) is 14.5 Å². The van der Waals surface area contributed by atoms with E-state index in [2.05, 4.69) is 41.1 Å². The molecule has 2 aliphatic heterocycles. The minimum atomic E-state index is -2.85. The largest absolute Gasteiger partial charge is 0.435 e. The Bertz CT molecular complexity index is 882. The maximum Gasteiger partial charge on any atom is 0.387 e. The molecule has 0 fully saturated rings. The summed E-state index contributed by atoms with van der Waals surface area (Å²) >= 11 is 0. The van der Waals surface area contributed by atoms with Gasteiger partial charge >= 0.3 is 6.61 Å². The zero-order valence-corrected chi connectivity index (χ0v) is 14.8. The van der Waals surface area contributed by atoms with Crippen LogP contribution in [0.15, 0.2) is 54.6 Å². The van der Waals surface area contributed by atoms with Gasteiger partial charge in [-0.25, -0.2) is 4.84 Å². The van der Waals surface area contributed by atoms with Gasteiger partial charge in [0.1, 0.15) is 5.75 Å². The second kappa shape index (κ2) is 5.71. The summed E-state index contributed by atoms with van der Waals surface area (Å²) in [6, 6.07) is 14.8. The van der Waals surface area contributed by atoms with Gasteiger partial charge in [0, 0.05) is 23.7 Å². The average Bonchev–Trinajstić information content (AvgIpc) is 3.13. The fourth-order valence-corrected chi connectivity index (χ4v) is 3.93. The summed E-state index contributed by atoms with van der Waals surface area (Å²) in [5.74, 6) is 0.114. The van der Waals surface area contributed by atoms with Crippen LogP contribution in [0.25, 0.3) is 5.70 Å². The highest BCUT2D eigenvalue weighted by Crippen LogP contribution is 2.54. The summed E-state index contributed by atoms with van der Waals surface area (Å²) in [6.45, 7) is 1.41. The van der Waals surface area contributed by atoms with Gasteiger partial charge in [-0.1, -0.05) is 44.2 Å². The monoisotopic (exact) mass is 358 g/mol. The van der Waals surface area contributed by atoms with Gasteiger partial charge in [-0.15, -0.1) is 0 Å². The molecular formula is C20H20F2N2O2. The van der Waals surface area contributed by atoms with Crippen molar-refractivity contribution in [3.8, 4) is 5.75 Å². The van der Waals surface area contributed by atoms with Gasteiger partial charge in [-0.3, -0.25) is 5.48 Å². The van der Waals surface area contributed by atoms with E-state index in [9.17, 15) is 8.78 Å². The molecule has 0 saturated carbocycles. The molecule has 2 heterocycles. The van der Waals surface area contributed by atoms with Crippen LogP contribution in [-0.2, 0) is 10.3 Å². The van der Waals surface area contributed by atoms with E-state index >= 15 is 0 Å². The molecule has 0 aromatic heterocycles. The molecule has 0 unspecified atom stereocenters. The molecule has 0 radical (unpaired) electrons. The molecule has 1 N–H and O–H groups in total. The van der Waals surface area contributed by atoms with E-state index in [0.29, 0.717) is 0 Å². The Kier molecular flexibility index (Phi) is 3.70. The van der Waals surface area contributed by atoms with E-state index in [-0.39, 0.29) is 11.2 Å². The van der Waals surface area contributed by atoms with Gasteiger partial charge < -0.3 is 9.64 Å². The Hall–Kier alpha value is -2.60. The van der Waals surface area contributed by atoms with Gasteiger partial charge in [0.25, 0.3) is 0 Å². The van der Waals surface area contributed by atoms with E-state index in [1.165, 1.54) is 11.6 Å². The second-order valence-corrected chi connectivity index (χ2v) is 7.07. The molecule has 0 aliphatic carbocycles. The third-order valence-electron chi connectivity index (χ3n) is 5.36. The Morgan fingerprint density at radius 3 is 2.62 bits per heavy atom. The van der Waals surface area contributed by atoms with Crippen molar-refractivity contribution in [3.63, 3.8) is 0 Å². The lowest BCUT2D eigenvalue weighted by atomic mass is 9.77. The molecule has 4 nitrogen and oxygen atoms in total. The lowest BCUT2D eigenvalue weighted by molar-refractivity contribution is -0.0679. The standard InChI is InChI=1S/C20H20F2N2O2/c1-19(2)15-9-4-5-10-17(15)24(3)20(19)12-16(23-26-20)13-7-6-8-14(11-13)25-18(21)22/h4-12,18,23H,1-3H3/t20-/m1/s1. The van der Waals surface area contributed by atoms with Crippen molar-refractivity contribution >= 4 is 11.4 Å². The van der Waals surface area contributed by atoms with E-state index in [1.807, 2.05) is 31.3 Å². The number of nitrogens with one attached hydrogen (secondary N) is 1. The van der Waals surface area contributed by atoms with E-state index < -0.39 is 12.3 Å². The smallest absolute Gasteiger partial charge is 0.387 e. The van der Waals surface area contributed by atoms with E-state index in [1.54, 1.807) is 12.1 Å². The molecule has 26 heavy (non-hydrogen) atoms. The zero-order valence-electron chi connectivity index (χ0n) is 14.8. The van der Waals surface area contributed by atoms with Gasteiger partial charge in [0.2, 0.25) is 0 Å². The number of alkyl halides is 2. The van der Waals surface area contributed by atoms with Crippen LogP contribution in [0.3, 0.4) is 0 Å². The molecule has 1 atom stereocenters. The minimum absolute atomic E-state index is 0.114. The first-order valence-corrected chi connectivity index (χ1v) is 8.41. The van der Waals surface area contributed by atoms with Crippen LogP contribution in [0.1, 0.15) is 25.0 Å². The Morgan fingerprint density at radius 2 is 1.88 bits per heavy atom. The number of para-hydroxylation sites is 1. The fraction of sp³-hybridized carbons (Fsp3) is 0.300. The highest BCUT2D eigenvalue weighted by Gasteiger charge is 2.58. The van der Waals surface area contributed by atoms with Gasteiger partial charge in [-0.2, -0.15) is 8.78 Å². The zero-order chi connectivity index (χ0) is 18.5. The molecule has 4 rings (SSSR count). The van der Waals surface area contributed by atoms with Gasteiger partial charge in [-0.05, 0) is 29.8 Å². The summed E-state index contributed by atoms with van der Waals surface area (Å²) < 4.78 is 29.5. The summed E-state index contributed by atoms with van der Waals surface area (Å²) in [5, 5.41) is 0. The van der Waals surface area contributed by atoms with Gasteiger partial charge in [0.05, 0.1) is 5.70 Å². The fourth-order valence-electron chi connectivity index (χ4n) is 3.93. The number of benzene rings is 2. The number of hydroxylamine groups is 1. The normalized spacial score (nSPS) is 23.2. The Balaban J connectivity index is 1.75. The number of hydrogen-bond donors (Lipinski definition) is 1. The Labute approximate surface area is 151 Å². The Morgan fingerprint density at radius 1 is 1.12 bits per heavy atom. The van der Waals surface area contributed by atoms with Crippen molar-refractivity contribution < 1.29 is 18.4 Å². The summed E-state index contributed by atoms with van der Waals surface area (Å²) in [4.78, 5) is 8.19. The summed E-state index contributed by atoms with van der Waals surface area (Å²) in [5.41, 5.74) is 5.69. The number of rotatable bonds is 3. The van der Waals surface area contributed by atoms with Crippen molar-refractivity contribution in [2.75, 3.05) is 11.9 Å². The summed E-state index contributed by atoms with van der Waals surface area (Å²) in [6.07, 6.45) is 2.01. The predicted molar refractivity (Wildman–Crippen MR) is 95.9 cm³/mol. The number of likely N-dealkylation sites (N-methyl/N-ethyl adjacent to an activating group) is 1. The first kappa shape index (κ1) is 16.8. The van der Waals surface area contributed by atoms with Crippen molar-refractivity contribution in [1.82, 2.24) is 5.48 Å². The van der Waals surface area contributed by atoms with Crippen molar-refractivity contribution in [3.05, 3.63) is 65.7 Å². The number of halogens is 2. The van der Waals surface area contributed by atoms with Crippen LogP contribution in [0.2, 0.25) is 0 Å². The SMILES string of the molecule is CN1c2ccccc2C(C)(C)[C@]12C=C(c1cccc(OC(F)F)c1)NO2. The number of anilines is 1. The third-order valence-corrected chi connectivity index (χ3v) is 5.36. The second-order valence-electron chi connectivity index (χ2n) is 7.07. The van der Waals surface area contributed by atoms with E-state index in [0.717, 1.165) is 16.9 Å². The molecular weight excluding hydrogens is 338 g/mol. The highest BCUT2D eigenvalue weighted by molar-refractivity contribution is 5.74. The third kappa shape index (κ3) is 2.29. The molecule has 2 aromatic carbocycles. The predicted octanol–water partition coefficient (Wildman–Crippen LogP) is 4.29. The number of ether oxygens (including phenoxy) is 1. The van der Waals surface area contributed by atoms with Crippen LogP contribution in [0, 0.1) is 0 Å². The van der Waals surface area contributed by atoms with Crippen LogP contribution in [0.5, 0.6) is 5.75 Å². The molecule has 0 bridgehead atoms. The molecule has 1 spiro atoms. The average molecular weight is 358 g/mol. The topological polar surface area (TPSA) is 33.7 Å². The van der Waals surface area contributed by atoms with Crippen molar-refractivity contribution in [2.45, 2.75) is 31.6 Å². The first-order valence-electron chi connectivity index (χ1n) is 8.41. The quantitative estimate of drug-likeness (QED) is 0.888. The molecule has 0 amide bonds. The number of hydrogen-bond acceptors (Lipinski definition) is 4. The molecule has 0 saturated heterocycles. The lowest BCUT2D eigenvalue weighted by Crippen LogP contribution is -2.54. The molecule has 136 valence electrons. The maximum absolute atomic E-state index is 12.5. The minimum Gasteiger partial charge on any atom is -0.435 e. The summed E-state index contributed by atoms with van der Waals surface area (Å²) in [7, 11) is 1.99. The molecule has 6 heteroatoms. The van der Waals surface area contributed by atoms with Crippen molar-refractivity contribution in [1.29, 1.82) is 0 Å².